The van der Waals surface area contributed by atoms with Crippen LogP contribution in [0.15, 0.2) is 42.7 Å². The molecule has 92 valence electrons. The van der Waals surface area contributed by atoms with Crippen molar-refractivity contribution >= 4 is 10.9 Å². The predicted molar refractivity (Wildman–Crippen MR) is 68.1 cm³/mol. The summed E-state index contributed by atoms with van der Waals surface area (Å²) in [5, 5.41) is 5.29. The maximum absolute atomic E-state index is 5.45. The fourth-order valence-electron chi connectivity index (χ4n) is 2.16. The minimum absolute atomic E-state index is 0.627. The minimum atomic E-state index is 0.627. The molecule has 0 aliphatic heterocycles. The third-order valence-corrected chi connectivity index (χ3v) is 2.87. The highest BCUT2D eigenvalue weighted by atomic mass is 16.7. The van der Waals surface area contributed by atoms with Crippen LogP contribution in [0.25, 0.3) is 16.6 Å². The Morgan fingerprint density at radius 3 is 2.61 bits per heavy atom. The fraction of sp³-hybridized carbons (Fsp3) is 0.154. The number of hydrogen-bond donors (Lipinski definition) is 0. The van der Waals surface area contributed by atoms with Crippen LogP contribution in [0, 0.1) is 0 Å². The van der Waals surface area contributed by atoms with Crippen LogP contribution in [-0.4, -0.2) is 28.7 Å². The van der Waals surface area contributed by atoms with E-state index in [1.807, 2.05) is 36.5 Å². The lowest BCUT2D eigenvalue weighted by molar-refractivity contribution is 0.150. The summed E-state index contributed by atoms with van der Waals surface area (Å²) in [6.45, 7) is 0. The molecule has 0 saturated heterocycles. The molecule has 3 rings (SSSR count). The molecule has 0 spiro atoms. The zero-order valence-corrected chi connectivity index (χ0v) is 10.2. The van der Waals surface area contributed by atoms with Gasteiger partial charge in [0.1, 0.15) is 12.8 Å². The summed E-state index contributed by atoms with van der Waals surface area (Å²) in [5.41, 5.74) is 1.82. The quantitative estimate of drug-likeness (QED) is 0.705. The molecule has 0 saturated carbocycles. The van der Waals surface area contributed by atoms with E-state index in [1.165, 1.54) is 0 Å². The molecule has 0 bridgehead atoms. The third kappa shape index (κ3) is 1.37. The molecule has 1 aromatic carbocycles. The van der Waals surface area contributed by atoms with E-state index in [0.717, 1.165) is 16.6 Å². The van der Waals surface area contributed by atoms with Crippen LogP contribution in [-0.2, 0) is 0 Å². The normalized spacial score (nSPS) is 10.8. The Morgan fingerprint density at radius 2 is 1.94 bits per heavy atom. The van der Waals surface area contributed by atoms with Crippen LogP contribution in [0.2, 0.25) is 0 Å². The second kappa shape index (κ2) is 4.10. The van der Waals surface area contributed by atoms with Gasteiger partial charge in [-0.2, -0.15) is 5.10 Å². The lowest BCUT2D eigenvalue weighted by Gasteiger charge is -2.08. The van der Waals surface area contributed by atoms with Gasteiger partial charge in [-0.3, -0.25) is 0 Å². The van der Waals surface area contributed by atoms with E-state index in [-0.39, 0.29) is 0 Å². The molecule has 2 aromatic heterocycles. The fourth-order valence-corrected chi connectivity index (χ4v) is 2.16. The van der Waals surface area contributed by atoms with Gasteiger partial charge in [-0.15, -0.1) is 4.73 Å². The van der Waals surface area contributed by atoms with Crippen LogP contribution < -0.4 is 9.57 Å². The molecule has 3 aromatic rings. The number of methoxy groups -OCH3 is 1. The van der Waals surface area contributed by atoms with Crippen LogP contribution >= 0.6 is 0 Å². The summed E-state index contributed by atoms with van der Waals surface area (Å²) < 4.78 is 8.89. The number of para-hydroxylation sites is 1. The van der Waals surface area contributed by atoms with Crippen LogP contribution in [0.4, 0.5) is 0 Å². The molecule has 0 aliphatic rings. The summed E-state index contributed by atoms with van der Waals surface area (Å²) in [6, 6.07) is 9.82. The molecule has 0 fully saturated rings. The van der Waals surface area contributed by atoms with Gasteiger partial charge in [-0.1, -0.05) is 18.2 Å². The van der Waals surface area contributed by atoms with Crippen molar-refractivity contribution in [1.29, 1.82) is 0 Å². The zero-order chi connectivity index (χ0) is 12.5. The van der Waals surface area contributed by atoms with Gasteiger partial charge in [0.05, 0.1) is 12.6 Å². The maximum atomic E-state index is 5.45. The van der Waals surface area contributed by atoms with Crippen LogP contribution in [0.3, 0.4) is 0 Å². The number of rotatable bonds is 3. The maximum Gasteiger partial charge on any atom is 0.254 e. The van der Waals surface area contributed by atoms with Gasteiger partial charge in [0.15, 0.2) is 0 Å². The highest BCUT2D eigenvalue weighted by Crippen LogP contribution is 2.33. The second-order valence-electron chi connectivity index (χ2n) is 3.80. The van der Waals surface area contributed by atoms with Gasteiger partial charge in [0.2, 0.25) is 0 Å². The van der Waals surface area contributed by atoms with Crippen LogP contribution in [0.1, 0.15) is 0 Å². The summed E-state index contributed by atoms with van der Waals surface area (Å²) in [4.78, 5) is 5.38. The molecular weight excluding hydrogens is 230 g/mol. The van der Waals surface area contributed by atoms with Gasteiger partial charge in [-0.25, -0.2) is 4.68 Å². The number of ether oxygens (including phenoxy) is 1. The first-order valence-corrected chi connectivity index (χ1v) is 5.58. The van der Waals surface area contributed by atoms with E-state index in [1.54, 1.807) is 29.8 Å². The van der Waals surface area contributed by atoms with Crippen molar-refractivity contribution in [2.75, 3.05) is 14.2 Å². The number of hydrogen-bond acceptors (Lipinski definition) is 3. The van der Waals surface area contributed by atoms with Gasteiger partial charge in [0, 0.05) is 17.8 Å². The van der Waals surface area contributed by atoms with Crippen molar-refractivity contribution in [3.05, 3.63) is 42.7 Å². The Balaban J connectivity index is 2.42. The van der Waals surface area contributed by atoms with Gasteiger partial charge < -0.3 is 9.57 Å². The zero-order valence-electron chi connectivity index (χ0n) is 10.2. The third-order valence-electron chi connectivity index (χ3n) is 2.87. The number of benzene rings is 1. The first-order valence-electron chi connectivity index (χ1n) is 5.58. The molecule has 0 amide bonds. The lowest BCUT2D eigenvalue weighted by Crippen LogP contribution is -2.08. The Labute approximate surface area is 104 Å². The van der Waals surface area contributed by atoms with Crippen molar-refractivity contribution in [1.82, 2.24) is 14.5 Å². The van der Waals surface area contributed by atoms with Crippen molar-refractivity contribution in [2.24, 2.45) is 0 Å². The summed E-state index contributed by atoms with van der Waals surface area (Å²) >= 11 is 0. The molecule has 18 heavy (non-hydrogen) atoms. The predicted octanol–water partition coefficient (Wildman–Crippen LogP) is 1.89. The topological polar surface area (TPSA) is 41.2 Å². The van der Waals surface area contributed by atoms with E-state index < -0.39 is 0 Å². The Kier molecular flexibility index (Phi) is 2.44. The highest BCUT2D eigenvalue weighted by Gasteiger charge is 2.19. The lowest BCUT2D eigenvalue weighted by atomic mass is 10.2. The number of aromatic nitrogens is 3. The molecule has 0 aliphatic carbocycles. The van der Waals surface area contributed by atoms with Gasteiger partial charge >= 0.3 is 0 Å². The smallest absolute Gasteiger partial charge is 0.254 e. The molecule has 2 heterocycles. The highest BCUT2D eigenvalue weighted by molar-refractivity contribution is 5.92. The average molecular weight is 243 g/mol. The summed E-state index contributed by atoms with van der Waals surface area (Å²) in [5.74, 6) is 0.627. The van der Waals surface area contributed by atoms with Gasteiger partial charge in [0.25, 0.3) is 5.88 Å². The van der Waals surface area contributed by atoms with E-state index >= 15 is 0 Å². The van der Waals surface area contributed by atoms with E-state index in [9.17, 15) is 0 Å². The molecular formula is C13H13N3O2. The molecule has 0 radical (unpaired) electrons. The minimum Gasteiger partial charge on any atom is -0.479 e. The molecule has 0 N–H and O–H groups in total. The van der Waals surface area contributed by atoms with Crippen molar-refractivity contribution in [3.63, 3.8) is 0 Å². The molecule has 5 heteroatoms. The Bertz CT molecular complexity index is 671. The van der Waals surface area contributed by atoms with Gasteiger partial charge in [-0.05, 0) is 12.1 Å². The van der Waals surface area contributed by atoms with Crippen molar-refractivity contribution < 1.29 is 9.57 Å². The largest absolute Gasteiger partial charge is 0.479 e. The van der Waals surface area contributed by atoms with Crippen molar-refractivity contribution in [2.45, 2.75) is 0 Å². The first kappa shape index (κ1) is 10.7. The van der Waals surface area contributed by atoms with Crippen molar-refractivity contribution in [3.8, 4) is 11.6 Å². The molecule has 5 nitrogen and oxygen atoms in total. The number of nitrogens with zero attached hydrogens (tertiary/aromatic N) is 3. The SMILES string of the molecule is COc1c(-n2cccn2)c2ccccc2n1OC. The molecule has 0 unspecified atom stereocenters. The monoisotopic (exact) mass is 243 g/mol. The first-order chi connectivity index (χ1) is 8.86. The Morgan fingerprint density at radius 1 is 1.11 bits per heavy atom. The van der Waals surface area contributed by atoms with Crippen LogP contribution in [0.5, 0.6) is 5.88 Å². The Hall–Kier alpha value is -2.43. The number of fused-ring (bicyclic) bond motifs is 1. The second-order valence-corrected chi connectivity index (χ2v) is 3.80. The molecule has 0 atom stereocenters. The standard InChI is InChI=1S/C13H13N3O2/c1-17-13-12(15-9-5-8-14-15)10-6-3-4-7-11(10)16(13)18-2/h3-9H,1-2H3. The van der Waals surface area contributed by atoms with E-state index in [2.05, 4.69) is 5.10 Å². The van der Waals surface area contributed by atoms with E-state index in [0.29, 0.717) is 5.88 Å². The summed E-state index contributed by atoms with van der Waals surface area (Å²) in [7, 11) is 3.23. The average Bonchev–Trinajstić information content (AvgIpc) is 3.02. The van der Waals surface area contributed by atoms with E-state index in [4.69, 9.17) is 9.57 Å². The summed E-state index contributed by atoms with van der Waals surface area (Å²) in [6.07, 6.45) is 3.61.